The summed E-state index contributed by atoms with van der Waals surface area (Å²) in [6.07, 6.45) is 2.40. The van der Waals surface area contributed by atoms with Gasteiger partial charge in [-0.2, -0.15) is 0 Å². The first-order valence-corrected chi connectivity index (χ1v) is 19.6. The quantitative estimate of drug-likeness (QED) is 0.190. The molecule has 0 aliphatic rings. The summed E-state index contributed by atoms with van der Waals surface area (Å²) in [6, 6.07) is 15.3. The Labute approximate surface area is 285 Å². The van der Waals surface area contributed by atoms with E-state index in [2.05, 4.69) is 5.32 Å². The van der Waals surface area contributed by atoms with Crippen molar-refractivity contribution in [1.82, 2.24) is 5.32 Å². The fourth-order valence-electron chi connectivity index (χ4n) is 4.71. The summed E-state index contributed by atoms with van der Waals surface area (Å²) in [7, 11) is -1.62. The summed E-state index contributed by atoms with van der Waals surface area (Å²) in [5, 5.41) is 3.35. The van der Waals surface area contributed by atoms with Crippen LogP contribution < -0.4 is 39.5 Å². The van der Waals surface area contributed by atoms with Crippen LogP contribution in [0.25, 0.3) is 0 Å². The molecule has 0 bridgehead atoms. The monoisotopic (exact) mass is 710 g/mol. The van der Waals surface area contributed by atoms with Crippen molar-refractivity contribution >= 4 is 19.7 Å². The average Bonchev–Trinajstić information content (AvgIpc) is 3.02. The van der Waals surface area contributed by atoms with E-state index in [4.69, 9.17) is 34.2 Å². The molecule has 0 fully saturated rings. The molecule has 0 spiro atoms. The maximum atomic E-state index is 12.1. The molecule has 0 radical (unpaired) electrons. The largest absolute Gasteiger partial charge is 0.493 e. The molecule has 3 aromatic carbocycles. The Bertz CT molecular complexity index is 1660. The van der Waals surface area contributed by atoms with Crippen LogP contribution in [0.3, 0.4) is 0 Å². The van der Waals surface area contributed by atoms with Crippen molar-refractivity contribution in [2.24, 2.45) is 5.73 Å². The lowest BCUT2D eigenvalue weighted by molar-refractivity contribution is 0.310. The number of benzene rings is 3. The molecule has 3 aromatic rings. The van der Waals surface area contributed by atoms with Gasteiger partial charge >= 0.3 is 0 Å². The van der Waals surface area contributed by atoms with Crippen molar-refractivity contribution in [3.8, 4) is 34.5 Å². The SMILES string of the molecule is CCOc1cc(C(N)CS(C)(=O)=O)ccc1OC.CCOc1cc(CNC(CS(C)(=O)=O)c2ccc(OC)c(OCC)c2)ccc1OC. The highest BCUT2D eigenvalue weighted by molar-refractivity contribution is 7.90. The van der Waals surface area contributed by atoms with Crippen LogP contribution in [0.5, 0.6) is 34.5 Å². The molecule has 14 heteroatoms. The van der Waals surface area contributed by atoms with Crippen LogP contribution >= 0.6 is 0 Å². The predicted octanol–water partition coefficient (Wildman–Crippen LogP) is 4.52. The van der Waals surface area contributed by atoms with Gasteiger partial charge in [-0.3, -0.25) is 0 Å². The van der Waals surface area contributed by atoms with Crippen molar-refractivity contribution < 1.29 is 45.3 Å². The summed E-state index contributed by atoms with van der Waals surface area (Å²) in [6.45, 7) is 7.63. The minimum atomic E-state index is -3.22. The molecule has 0 aliphatic carbocycles. The van der Waals surface area contributed by atoms with Gasteiger partial charge in [-0.25, -0.2) is 16.8 Å². The summed E-state index contributed by atoms with van der Waals surface area (Å²) < 4.78 is 79.0. The molecule has 3 N–H and O–H groups in total. The van der Waals surface area contributed by atoms with E-state index in [-0.39, 0.29) is 11.5 Å². The van der Waals surface area contributed by atoms with E-state index in [1.165, 1.54) is 12.5 Å². The van der Waals surface area contributed by atoms with Crippen LogP contribution in [0.15, 0.2) is 54.6 Å². The van der Waals surface area contributed by atoms with E-state index in [0.717, 1.165) is 11.1 Å². The smallest absolute Gasteiger partial charge is 0.161 e. The first kappa shape index (κ1) is 40.5. The van der Waals surface area contributed by atoms with Crippen molar-refractivity contribution in [1.29, 1.82) is 0 Å². The van der Waals surface area contributed by atoms with Crippen LogP contribution in [-0.2, 0) is 26.2 Å². The predicted molar refractivity (Wildman–Crippen MR) is 188 cm³/mol. The van der Waals surface area contributed by atoms with Gasteiger partial charge in [0.2, 0.25) is 0 Å². The zero-order chi connectivity index (χ0) is 35.9. The number of methoxy groups -OCH3 is 3. The van der Waals surface area contributed by atoms with Gasteiger partial charge < -0.3 is 39.5 Å². The Morgan fingerprint density at radius 1 is 0.604 bits per heavy atom. The zero-order valence-corrected chi connectivity index (χ0v) is 30.7. The molecule has 12 nitrogen and oxygen atoms in total. The van der Waals surface area contributed by atoms with E-state index < -0.39 is 31.8 Å². The highest BCUT2D eigenvalue weighted by Gasteiger charge is 2.20. The van der Waals surface area contributed by atoms with E-state index in [1.807, 2.05) is 51.1 Å². The number of sulfone groups is 2. The molecule has 0 heterocycles. The maximum Gasteiger partial charge on any atom is 0.161 e. The molecule has 2 unspecified atom stereocenters. The summed E-state index contributed by atoms with van der Waals surface area (Å²) in [5.41, 5.74) is 8.34. The van der Waals surface area contributed by atoms with Crippen LogP contribution in [-0.4, -0.2) is 82.0 Å². The Balaban J connectivity index is 0.000000379. The summed E-state index contributed by atoms with van der Waals surface area (Å²) in [5.74, 6) is 3.54. The van der Waals surface area contributed by atoms with Crippen LogP contribution in [0.1, 0.15) is 49.5 Å². The summed E-state index contributed by atoms with van der Waals surface area (Å²) >= 11 is 0. The number of hydrogen-bond donors (Lipinski definition) is 2. The molecule has 3 rings (SSSR count). The first-order chi connectivity index (χ1) is 22.7. The fourth-order valence-corrected chi connectivity index (χ4v) is 6.47. The Hall–Kier alpha value is -3.72. The Morgan fingerprint density at radius 3 is 1.46 bits per heavy atom. The molecular weight excluding hydrogens is 661 g/mol. The number of nitrogens with one attached hydrogen (secondary N) is 1. The minimum Gasteiger partial charge on any atom is -0.493 e. The topological polar surface area (TPSA) is 162 Å². The third kappa shape index (κ3) is 13.4. The van der Waals surface area contributed by atoms with Crippen molar-refractivity contribution in [3.05, 3.63) is 71.3 Å². The average molecular weight is 711 g/mol. The van der Waals surface area contributed by atoms with Gasteiger partial charge in [-0.05, 0) is 73.9 Å². The number of hydrogen-bond acceptors (Lipinski definition) is 12. The van der Waals surface area contributed by atoms with Crippen molar-refractivity contribution in [3.63, 3.8) is 0 Å². The van der Waals surface area contributed by atoms with Crippen molar-refractivity contribution in [2.75, 3.05) is 65.2 Å². The zero-order valence-electron chi connectivity index (χ0n) is 29.1. The normalized spacial score (nSPS) is 12.6. The van der Waals surface area contributed by atoms with Crippen LogP contribution in [0, 0.1) is 0 Å². The van der Waals surface area contributed by atoms with E-state index >= 15 is 0 Å². The molecule has 0 saturated carbocycles. The highest BCUT2D eigenvalue weighted by atomic mass is 32.2. The molecule has 0 saturated heterocycles. The van der Waals surface area contributed by atoms with Gasteiger partial charge in [0.25, 0.3) is 0 Å². The standard InChI is InChI=1S/C22H31NO6S.C12H19NO4S/c1-6-28-21-12-16(8-10-19(21)26-3)14-23-18(15-30(5,24)25)17-9-11-20(27-4)22(13-17)29-7-2;1-4-17-12-7-9(5-6-11(12)16-2)10(13)8-18(3,14)15/h8-13,18,23H,6-7,14-15H2,1-5H3;5-7,10H,4,8,13H2,1-3H3. The summed E-state index contributed by atoms with van der Waals surface area (Å²) in [4.78, 5) is 0. The Morgan fingerprint density at radius 2 is 1.02 bits per heavy atom. The molecular formula is C34H50N2O10S2. The second-order valence-corrected chi connectivity index (χ2v) is 15.2. The molecule has 268 valence electrons. The van der Waals surface area contributed by atoms with Gasteiger partial charge in [-0.1, -0.05) is 18.2 Å². The lowest BCUT2D eigenvalue weighted by atomic mass is 10.1. The number of rotatable bonds is 18. The third-order valence-corrected chi connectivity index (χ3v) is 8.74. The Kier molecular flexibility index (Phi) is 16.3. The van der Waals surface area contributed by atoms with Crippen LogP contribution in [0.2, 0.25) is 0 Å². The van der Waals surface area contributed by atoms with Crippen LogP contribution in [0.4, 0.5) is 0 Å². The second-order valence-electron chi connectivity index (χ2n) is 10.8. The third-order valence-electron chi connectivity index (χ3n) is 6.84. The van der Waals surface area contributed by atoms with Gasteiger partial charge in [0, 0.05) is 31.1 Å². The van der Waals surface area contributed by atoms with Gasteiger partial charge in [0.15, 0.2) is 34.5 Å². The maximum absolute atomic E-state index is 12.1. The molecule has 0 amide bonds. The van der Waals surface area contributed by atoms with Gasteiger partial charge in [0.05, 0.1) is 52.7 Å². The van der Waals surface area contributed by atoms with E-state index in [9.17, 15) is 16.8 Å². The lowest BCUT2D eigenvalue weighted by Gasteiger charge is -2.21. The van der Waals surface area contributed by atoms with E-state index in [1.54, 1.807) is 45.6 Å². The first-order valence-electron chi connectivity index (χ1n) is 15.4. The van der Waals surface area contributed by atoms with E-state index in [0.29, 0.717) is 66.4 Å². The van der Waals surface area contributed by atoms with Gasteiger partial charge in [-0.15, -0.1) is 0 Å². The number of nitrogens with two attached hydrogens (primary N) is 1. The highest BCUT2D eigenvalue weighted by Crippen LogP contribution is 2.32. The molecule has 0 aromatic heterocycles. The lowest BCUT2D eigenvalue weighted by Crippen LogP contribution is -2.27. The number of ether oxygens (including phenoxy) is 6. The molecule has 2 atom stereocenters. The second kappa shape index (κ2) is 19.3. The molecule has 0 aliphatic heterocycles. The van der Waals surface area contributed by atoms with Gasteiger partial charge in [0.1, 0.15) is 19.7 Å². The minimum absolute atomic E-state index is 0.0423. The van der Waals surface area contributed by atoms with Crippen molar-refractivity contribution in [2.45, 2.75) is 39.4 Å². The molecule has 48 heavy (non-hydrogen) atoms. The fraction of sp³-hybridized carbons (Fsp3) is 0.471.